The Kier molecular flexibility index (Phi) is 5.12. The summed E-state index contributed by atoms with van der Waals surface area (Å²) in [6, 6.07) is 3.67. The lowest BCUT2D eigenvalue weighted by Gasteiger charge is -2.07. The third kappa shape index (κ3) is 3.88. The van der Waals surface area contributed by atoms with Gasteiger partial charge in [0, 0.05) is 11.8 Å². The Balaban J connectivity index is 2.45. The summed E-state index contributed by atoms with van der Waals surface area (Å²) >= 11 is 0. The molecule has 0 fully saturated rings. The third-order valence-corrected chi connectivity index (χ3v) is 2.34. The molecule has 0 bridgehead atoms. The predicted octanol–water partition coefficient (Wildman–Crippen LogP) is 2.45. The van der Waals surface area contributed by atoms with Gasteiger partial charge in [0.15, 0.2) is 0 Å². The maximum atomic E-state index is 8.97. The number of aliphatic hydroxyl groups is 1. The average Bonchev–Trinajstić information content (AvgIpc) is 2.25. The molecule has 1 aromatic heterocycles. The molecule has 0 aliphatic carbocycles. The molecule has 3 heteroatoms. The summed E-state index contributed by atoms with van der Waals surface area (Å²) < 4.78 is 5.50. The number of aryl methyl sites for hydroxylation is 1. The van der Waals surface area contributed by atoms with Gasteiger partial charge in [0.25, 0.3) is 0 Å². The number of ether oxygens (including phenoxy) is 1. The molecule has 0 aliphatic heterocycles. The zero-order valence-corrected chi connectivity index (χ0v) is 9.49. The van der Waals surface area contributed by atoms with Gasteiger partial charge in [0.1, 0.15) is 0 Å². The van der Waals surface area contributed by atoms with E-state index >= 15 is 0 Å². The van der Waals surface area contributed by atoms with Gasteiger partial charge in [-0.3, -0.25) is 0 Å². The molecular formula is C12H19NO2. The smallest absolute Gasteiger partial charge is 0.213 e. The van der Waals surface area contributed by atoms with Crippen LogP contribution in [0.5, 0.6) is 5.88 Å². The SMILES string of the molecule is CCCCCOc1ccc(CO)c(C)n1. The van der Waals surface area contributed by atoms with Gasteiger partial charge in [-0.05, 0) is 25.0 Å². The van der Waals surface area contributed by atoms with Crippen LogP contribution in [0.3, 0.4) is 0 Å². The summed E-state index contributed by atoms with van der Waals surface area (Å²) in [4.78, 5) is 4.26. The summed E-state index contributed by atoms with van der Waals surface area (Å²) in [5, 5.41) is 8.97. The topological polar surface area (TPSA) is 42.4 Å². The van der Waals surface area contributed by atoms with Crippen LogP contribution in [0.2, 0.25) is 0 Å². The van der Waals surface area contributed by atoms with Crippen LogP contribution in [0.15, 0.2) is 12.1 Å². The van der Waals surface area contributed by atoms with E-state index in [1.165, 1.54) is 12.8 Å². The second-order valence-electron chi connectivity index (χ2n) is 3.61. The molecule has 0 saturated carbocycles. The molecule has 1 rings (SSSR count). The average molecular weight is 209 g/mol. The van der Waals surface area contributed by atoms with Crippen LogP contribution in [0.1, 0.15) is 37.4 Å². The lowest BCUT2D eigenvalue weighted by molar-refractivity contribution is 0.277. The Morgan fingerprint density at radius 1 is 1.33 bits per heavy atom. The monoisotopic (exact) mass is 209 g/mol. The van der Waals surface area contributed by atoms with E-state index in [1.54, 1.807) is 0 Å². The summed E-state index contributed by atoms with van der Waals surface area (Å²) in [6.45, 7) is 4.80. The van der Waals surface area contributed by atoms with Crippen LogP contribution in [0.25, 0.3) is 0 Å². The lowest BCUT2D eigenvalue weighted by Crippen LogP contribution is -2.01. The molecule has 0 atom stereocenters. The second-order valence-corrected chi connectivity index (χ2v) is 3.61. The van der Waals surface area contributed by atoms with Gasteiger partial charge < -0.3 is 9.84 Å². The summed E-state index contributed by atoms with van der Waals surface area (Å²) in [5.41, 5.74) is 1.70. The Morgan fingerprint density at radius 2 is 2.13 bits per heavy atom. The zero-order valence-electron chi connectivity index (χ0n) is 9.49. The molecule has 0 radical (unpaired) electrons. The minimum atomic E-state index is 0.0367. The first-order chi connectivity index (χ1) is 7.27. The first kappa shape index (κ1) is 12.0. The van der Waals surface area contributed by atoms with Crippen LogP contribution in [0.4, 0.5) is 0 Å². The lowest BCUT2D eigenvalue weighted by atomic mass is 10.2. The van der Waals surface area contributed by atoms with Crippen molar-refractivity contribution in [3.63, 3.8) is 0 Å². The molecule has 15 heavy (non-hydrogen) atoms. The Bertz CT molecular complexity index is 300. The van der Waals surface area contributed by atoms with Gasteiger partial charge in [-0.15, -0.1) is 0 Å². The normalized spacial score (nSPS) is 10.3. The molecule has 84 valence electrons. The minimum Gasteiger partial charge on any atom is -0.478 e. The number of unbranched alkanes of at least 4 members (excludes halogenated alkanes) is 2. The largest absolute Gasteiger partial charge is 0.478 e. The van der Waals surface area contributed by atoms with Gasteiger partial charge >= 0.3 is 0 Å². The van der Waals surface area contributed by atoms with Gasteiger partial charge in [-0.25, -0.2) is 4.98 Å². The number of aliphatic hydroxyl groups excluding tert-OH is 1. The van der Waals surface area contributed by atoms with Gasteiger partial charge in [-0.1, -0.05) is 19.8 Å². The molecule has 0 amide bonds. The molecule has 3 nitrogen and oxygen atoms in total. The fraction of sp³-hybridized carbons (Fsp3) is 0.583. The van der Waals surface area contributed by atoms with E-state index in [0.29, 0.717) is 5.88 Å². The molecule has 0 spiro atoms. The van der Waals surface area contributed by atoms with E-state index in [2.05, 4.69) is 11.9 Å². The number of nitrogens with zero attached hydrogens (tertiary/aromatic N) is 1. The summed E-state index contributed by atoms with van der Waals surface area (Å²) in [7, 11) is 0. The minimum absolute atomic E-state index is 0.0367. The molecule has 0 unspecified atom stereocenters. The van der Waals surface area contributed by atoms with E-state index in [9.17, 15) is 0 Å². The van der Waals surface area contributed by atoms with E-state index in [4.69, 9.17) is 9.84 Å². The highest BCUT2D eigenvalue weighted by atomic mass is 16.5. The first-order valence-corrected chi connectivity index (χ1v) is 5.48. The highest BCUT2D eigenvalue weighted by molar-refractivity contribution is 5.24. The van der Waals surface area contributed by atoms with Crippen LogP contribution in [-0.4, -0.2) is 16.7 Å². The summed E-state index contributed by atoms with van der Waals surface area (Å²) in [5.74, 6) is 0.654. The van der Waals surface area contributed by atoms with Crippen molar-refractivity contribution < 1.29 is 9.84 Å². The first-order valence-electron chi connectivity index (χ1n) is 5.48. The molecular weight excluding hydrogens is 190 g/mol. The molecule has 0 aliphatic rings. The number of rotatable bonds is 6. The van der Waals surface area contributed by atoms with E-state index < -0.39 is 0 Å². The van der Waals surface area contributed by atoms with E-state index in [0.717, 1.165) is 24.3 Å². The quantitative estimate of drug-likeness (QED) is 0.732. The number of hydrogen-bond donors (Lipinski definition) is 1. The fourth-order valence-electron chi connectivity index (χ4n) is 1.34. The van der Waals surface area contributed by atoms with Crippen molar-refractivity contribution in [2.24, 2.45) is 0 Å². The second kappa shape index (κ2) is 6.40. The Morgan fingerprint density at radius 3 is 2.73 bits per heavy atom. The van der Waals surface area contributed by atoms with Gasteiger partial charge in [0.2, 0.25) is 5.88 Å². The third-order valence-electron chi connectivity index (χ3n) is 2.34. The van der Waals surface area contributed by atoms with Crippen molar-refractivity contribution in [1.29, 1.82) is 0 Å². The molecule has 0 aromatic carbocycles. The number of hydrogen-bond acceptors (Lipinski definition) is 3. The van der Waals surface area contributed by atoms with Crippen molar-refractivity contribution in [2.45, 2.75) is 39.7 Å². The molecule has 0 saturated heterocycles. The molecule has 1 heterocycles. The molecule has 1 N–H and O–H groups in total. The highest BCUT2D eigenvalue weighted by Gasteiger charge is 2.01. The van der Waals surface area contributed by atoms with E-state index in [1.807, 2.05) is 19.1 Å². The maximum Gasteiger partial charge on any atom is 0.213 e. The number of pyridine rings is 1. The summed E-state index contributed by atoms with van der Waals surface area (Å²) in [6.07, 6.45) is 3.45. The Hall–Kier alpha value is -1.09. The molecule has 1 aromatic rings. The van der Waals surface area contributed by atoms with Crippen LogP contribution < -0.4 is 4.74 Å². The highest BCUT2D eigenvalue weighted by Crippen LogP contribution is 2.12. The van der Waals surface area contributed by atoms with Crippen molar-refractivity contribution in [3.05, 3.63) is 23.4 Å². The maximum absolute atomic E-state index is 8.97. The van der Waals surface area contributed by atoms with Crippen molar-refractivity contribution in [1.82, 2.24) is 4.98 Å². The Labute approximate surface area is 91.1 Å². The fourth-order valence-corrected chi connectivity index (χ4v) is 1.34. The number of aromatic nitrogens is 1. The van der Waals surface area contributed by atoms with Crippen LogP contribution in [0, 0.1) is 6.92 Å². The van der Waals surface area contributed by atoms with Crippen molar-refractivity contribution in [3.8, 4) is 5.88 Å². The van der Waals surface area contributed by atoms with E-state index in [-0.39, 0.29) is 6.61 Å². The standard InChI is InChI=1S/C12H19NO2/c1-3-4-5-8-15-12-7-6-11(9-14)10(2)13-12/h6-7,14H,3-5,8-9H2,1-2H3. The van der Waals surface area contributed by atoms with Gasteiger partial charge in [0.05, 0.1) is 13.2 Å². The van der Waals surface area contributed by atoms with Crippen molar-refractivity contribution >= 4 is 0 Å². The van der Waals surface area contributed by atoms with Crippen LogP contribution in [-0.2, 0) is 6.61 Å². The van der Waals surface area contributed by atoms with Gasteiger partial charge in [-0.2, -0.15) is 0 Å². The van der Waals surface area contributed by atoms with Crippen LogP contribution >= 0.6 is 0 Å². The van der Waals surface area contributed by atoms with Crippen molar-refractivity contribution in [2.75, 3.05) is 6.61 Å². The zero-order chi connectivity index (χ0) is 11.1. The predicted molar refractivity (Wildman–Crippen MR) is 59.9 cm³/mol.